The average Bonchev–Trinajstić information content (AvgIpc) is 3.05. The molecule has 0 saturated heterocycles. The summed E-state index contributed by atoms with van der Waals surface area (Å²) in [7, 11) is 0. The smallest absolute Gasteiger partial charge is 0.408 e. The van der Waals surface area contributed by atoms with Crippen LogP contribution < -0.4 is 4.90 Å². The Morgan fingerprint density at radius 1 is 1.27 bits per heavy atom. The van der Waals surface area contributed by atoms with Crippen molar-refractivity contribution in [2.45, 2.75) is 43.1 Å². The highest BCUT2D eigenvalue weighted by Gasteiger charge is 2.67. The third-order valence-electron chi connectivity index (χ3n) is 5.13. The standard InChI is InChI=1S/C17H15Cl2F3N6O2/c1-4-27(14-26-23-8(2)30-14)12(29)9-5-6-10(17(20,21)22)28-11(9)24-25-13(28)15(3)7-16(15,18)19/h5-6H,4,7H2,1-3H3. The minimum absolute atomic E-state index is 0.0684. The van der Waals surface area contributed by atoms with Gasteiger partial charge in [-0.05, 0) is 32.4 Å². The molecule has 0 bridgehead atoms. The Morgan fingerprint density at radius 2 is 1.93 bits per heavy atom. The summed E-state index contributed by atoms with van der Waals surface area (Å²) in [6.45, 7) is 4.95. The zero-order valence-electron chi connectivity index (χ0n) is 16.0. The quantitative estimate of drug-likeness (QED) is 0.545. The van der Waals surface area contributed by atoms with Crippen LogP contribution in [-0.2, 0) is 11.6 Å². The predicted octanol–water partition coefficient (Wildman–Crippen LogP) is 3.94. The Balaban J connectivity index is 1.91. The molecule has 13 heteroatoms. The molecular weight excluding hydrogens is 448 g/mol. The maximum Gasteiger partial charge on any atom is 0.431 e. The first-order chi connectivity index (χ1) is 13.9. The summed E-state index contributed by atoms with van der Waals surface area (Å²) in [6, 6.07) is 1.78. The third-order valence-corrected chi connectivity index (χ3v) is 6.23. The molecule has 4 rings (SSSR count). The van der Waals surface area contributed by atoms with Gasteiger partial charge in [-0.1, -0.05) is 5.10 Å². The highest BCUT2D eigenvalue weighted by molar-refractivity contribution is 6.52. The molecule has 1 fully saturated rings. The van der Waals surface area contributed by atoms with E-state index in [1.807, 2.05) is 0 Å². The second-order valence-electron chi connectivity index (χ2n) is 7.18. The summed E-state index contributed by atoms with van der Waals surface area (Å²) < 4.78 is 46.0. The van der Waals surface area contributed by atoms with Crippen LogP contribution in [0.25, 0.3) is 5.65 Å². The van der Waals surface area contributed by atoms with Gasteiger partial charge < -0.3 is 4.42 Å². The summed E-state index contributed by atoms with van der Waals surface area (Å²) in [4.78, 5) is 14.3. The molecule has 0 spiro atoms. The van der Waals surface area contributed by atoms with Crippen LogP contribution in [-0.4, -0.2) is 41.6 Å². The fourth-order valence-corrected chi connectivity index (χ4v) is 4.00. The van der Waals surface area contributed by atoms with E-state index in [9.17, 15) is 18.0 Å². The van der Waals surface area contributed by atoms with Gasteiger partial charge in [-0.15, -0.1) is 38.5 Å². The third kappa shape index (κ3) is 3.02. The van der Waals surface area contributed by atoms with E-state index < -0.39 is 27.5 Å². The fourth-order valence-electron chi connectivity index (χ4n) is 3.29. The molecule has 1 saturated carbocycles. The molecule has 3 aromatic rings. The van der Waals surface area contributed by atoms with Crippen LogP contribution in [0.3, 0.4) is 0 Å². The maximum atomic E-state index is 13.7. The summed E-state index contributed by atoms with van der Waals surface area (Å²) in [5.41, 5.74) is -2.47. The summed E-state index contributed by atoms with van der Waals surface area (Å²) in [6.07, 6.45) is -4.53. The molecule has 30 heavy (non-hydrogen) atoms. The molecule has 3 heterocycles. The van der Waals surface area contributed by atoms with Crippen molar-refractivity contribution in [3.63, 3.8) is 0 Å². The number of alkyl halides is 5. The van der Waals surface area contributed by atoms with Crippen molar-refractivity contribution in [2.75, 3.05) is 11.4 Å². The van der Waals surface area contributed by atoms with Crippen LogP contribution in [0.5, 0.6) is 0 Å². The van der Waals surface area contributed by atoms with E-state index in [1.165, 1.54) is 0 Å². The zero-order valence-corrected chi connectivity index (χ0v) is 17.5. The van der Waals surface area contributed by atoms with Crippen LogP contribution in [0.1, 0.15) is 48.0 Å². The number of halogens is 5. The van der Waals surface area contributed by atoms with Gasteiger partial charge >= 0.3 is 12.2 Å². The van der Waals surface area contributed by atoms with E-state index in [0.717, 1.165) is 21.4 Å². The van der Waals surface area contributed by atoms with Crippen LogP contribution in [0, 0.1) is 6.92 Å². The number of carbonyl (C=O) groups is 1. The molecule has 1 aliphatic carbocycles. The average molecular weight is 463 g/mol. The van der Waals surface area contributed by atoms with Gasteiger partial charge in [0, 0.05) is 13.5 Å². The van der Waals surface area contributed by atoms with Crippen molar-refractivity contribution < 1.29 is 22.4 Å². The van der Waals surface area contributed by atoms with Crippen molar-refractivity contribution in [3.05, 3.63) is 35.1 Å². The first-order valence-electron chi connectivity index (χ1n) is 8.86. The Bertz CT molecular complexity index is 1160. The van der Waals surface area contributed by atoms with Crippen molar-refractivity contribution in [1.82, 2.24) is 24.8 Å². The van der Waals surface area contributed by atoms with Crippen molar-refractivity contribution in [2.24, 2.45) is 0 Å². The van der Waals surface area contributed by atoms with Crippen molar-refractivity contribution >= 4 is 40.8 Å². The van der Waals surface area contributed by atoms with Gasteiger partial charge in [0.05, 0.1) is 11.0 Å². The minimum Gasteiger partial charge on any atom is -0.408 e. The topological polar surface area (TPSA) is 89.4 Å². The second kappa shape index (κ2) is 6.55. The van der Waals surface area contributed by atoms with Gasteiger partial charge in [-0.25, -0.2) is 0 Å². The van der Waals surface area contributed by atoms with Crippen LogP contribution in [0.4, 0.5) is 19.2 Å². The number of pyridine rings is 1. The molecule has 0 aromatic carbocycles. The Labute approximate surface area is 178 Å². The molecule has 160 valence electrons. The van der Waals surface area contributed by atoms with E-state index in [-0.39, 0.29) is 41.9 Å². The van der Waals surface area contributed by atoms with Crippen LogP contribution in [0.2, 0.25) is 0 Å². The molecule has 1 aliphatic rings. The van der Waals surface area contributed by atoms with E-state index in [4.69, 9.17) is 27.6 Å². The Hall–Kier alpha value is -2.40. The van der Waals surface area contributed by atoms with Gasteiger partial charge in [0.15, 0.2) is 5.65 Å². The molecule has 1 amide bonds. The first-order valence-corrected chi connectivity index (χ1v) is 9.62. The van der Waals surface area contributed by atoms with Crippen LogP contribution >= 0.6 is 23.2 Å². The van der Waals surface area contributed by atoms with Gasteiger partial charge in [0.2, 0.25) is 5.89 Å². The van der Waals surface area contributed by atoms with Gasteiger partial charge in [0.25, 0.3) is 5.91 Å². The predicted molar refractivity (Wildman–Crippen MR) is 101 cm³/mol. The molecular formula is C17H15Cl2F3N6O2. The zero-order chi connectivity index (χ0) is 22.1. The molecule has 0 aliphatic heterocycles. The van der Waals surface area contributed by atoms with Crippen LogP contribution in [0.15, 0.2) is 16.5 Å². The highest BCUT2D eigenvalue weighted by Crippen LogP contribution is 2.64. The molecule has 3 aromatic heterocycles. The summed E-state index contributed by atoms with van der Waals surface area (Å²) in [5.74, 6) is -0.496. The van der Waals surface area contributed by atoms with Crippen molar-refractivity contribution in [1.29, 1.82) is 0 Å². The maximum absolute atomic E-state index is 13.7. The summed E-state index contributed by atoms with van der Waals surface area (Å²) in [5, 5.41) is 15.3. The van der Waals surface area contributed by atoms with E-state index in [0.29, 0.717) is 0 Å². The SMILES string of the molecule is CCN(C(=O)c1ccc(C(F)(F)F)n2c(C3(C)CC3(Cl)Cl)nnc12)c1nnc(C)o1. The molecule has 1 unspecified atom stereocenters. The van der Waals surface area contributed by atoms with Crippen molar-refractivity contribution in [3.8, 4) is 0 Å². The lowest BCUT2D eigenvalue weighted by Gasteiger charge is -2.19. The lowest BCUT2D eigenvalue weighted by Crippen LogP contribution is -2.32. The Kier molecular flexibility index (Phi) is 4.55. The molecule has 0 N–H and O–H groups in total. The lowest BCUT2D eigenvalue weighted by atomic mass is 10.1. The van der Waals surface area contributed by atoms with Gasteiger partial charge in [-0.3, -0.25) is 14.1 Å². The minimum atomic E-state index is -4.72. The monoisotopic (exact) mass is 462 g/mol. The number of rotatable bonds is 4. The second-order valence-corrected chi connectivity index (χ2v) is 8.66. The lowest BCUT2D eigenvalue weighted by molar-refractivity contribution is -0.142. The normalized spacial score (nSPS) is 20.5. The molecule has 8 nitrogen and oxygen atoms in total. The van der Waals surface area contributed by atoms with E-state index >= 15 is 0 Å². The number of aryl methyl sites for hydroxylation is 1. The molecule has 0 radical (unpaired) electrons. The van der Waals surface area contributed by atoms with Gasteiger partial charge in [0.1, 0.15) is 15.9 Å². The fraction of sp³-hybridized carbons (Fsp3) is 0.471. The number of nitrogens with zero attached hydrogens (tertiary/aromatic N) is 6. The summed E-state index contributed by atoms with van der Waals surface area (Å²) >= 11 is 12.3. The number of anilines is 1. The molecule has 1 atom stereocenters. The number of aromatic nitrogens is 5. The number of carbonyl (C=O) groups excluding carboxylic acids is 1. The number of fused-ring (bicyclic) bond motifs is 1. The van der Waals surface area contributed by atoms with E-state index in [1.54, 1.807) is 20.8 Å². The Morgan fingerprint density at radius 3 is 2.43 bits per heavy atom. The number of hydrogen-bond acceptors (Lipinski definition) is 6. The largest absolute Gasteiger partial charge is 0.431 e. The first kappa shape index (κ1) is 20.9. The van der Waals surface area contributed by atoms with Gasteiger partial charge in [-0.2, -0.15) is 13.2 Å². The van der Waals surface area contributed by atoms with E-state index in [2.05, 4.69) is 20.4 Å². The number of hydrogen-bond donors (Lipinski definition) is 0. The number of amides is 1. The highest BCUT2D eigenvalue weighted by atomic mass is 35.5.